The van der Waals surface area contributed by atoms with E-state index in [1.807, 2.05) is 0 Å². The standard InChI is InChI=1S/C22H32N2O6S/c1-29-20-11-10-18(31(27,28)24-14-8-4-5-9-15-24)16-19(20)22(26)30-17-21(25)23-12-6-2-3-7-13-23/h10-11,16H,2-9,12-15,17H2,1H3. The summed E-state index contributed by atoms with van der Waals surface area (Å²) in [6.07, 6.45) is 7.76. The molecule has 0 bridgehead atoms. The lowest BCUT2D eigenvalue weighted by atomic mass is 10.2. The van der Waals surface area contributed by atoms with Crippen molar-refractivity contribution in [3.63, 3.8) is 0 Å². The van der Waals surface area contributed by atoms with E-state index < -0.39 is 16.0 Å². The lowest BCUT2D eigenvalue weighted by Crippen LogP contribution is -2.35. The number of esters is 1. The third-order valence-corrected chi connectivity index (χ3v) is 7.77. The molecule has 2 saturated heterocycles. The molecular weight excluding hydrogens is 420 g/mol. The molecule has 1 aromatic carbocycles. The molecule has 9 heteroatoms. The van der Waals surface area contributed by atoms with Gasteiger partial charge in [-0.15, -0.1) is 0 Å². The highest BCUT2D eigenvalue weighted by atomic mass is 32.2. The van der Waals surface area contributed by atoms with E-state index in [2.05, 4.69) is 0 Å². The zero-order chi connectivity index (χ0) is 22.3. The van der Waals surface area contributed by atoms with Crippen LogP contribution in [0.3, 0.4) is 0 Å². The summed E-state index contributed by atoms with van der Waals surface area (Å²) in [6, 6.07) is 4.19. The number of nitrogens with zero attached hydrogens (tertiary/aromatic N) is 2. The zero-order valence-corrected chi connectivity index (χ0v) is 19.0. The molecule has 2 heterocycles. The van der Waals surface area contributed by atoms with Crippen LogP contribution in [0.1, 0.15) is 61.7 Å². The first-order chi connectivity index (χ1) is 14.9. The Kier molecular flexibility index (Phi) is 8.31. The fourth-order valence-corrected chi connectivity index (χ4v) is 5.60. The van der Waals surface area contributed by atoms with Gasteiger partial charge in [0, 0.05) is 26.2 Å². The van der Waals surface area contributed by atoms with E-state index in [1.165, 1.54) is 29.6 Å². The first kappa shape index (κ1) is 23.5. The summed E-state index contributed by atoms with van der Waals surface area (Å²) < 4.78 is 38.1. The predicted octanol–water partition coefficient (Wildman–Crippen LogP) is 2.82. The number of amides is 1. The van der Waals surface area contributed by atoms with Gasteiger partial charge in [-0.3, -0.25) is 4.79 Å². The van der Waals surface area contributed by atoms with E-state index in [9.17, 15) is 18.0 Å². The molecule has 3 rings (SSSR count). The topological polar surface area (TPSA) is 93.2 Å². The van der Waals surface area contributed by atoms with Crippen LogP contribution in [0.25, 0.3) is 0 Å². The molecule has 0 unspecified atom stereocenters. The Labute approximate surface area is 184 Å². The Morgan fingerprint density at radius 2 is 1.48 bits per heavy atom. The number of hydrogen-bond donors (Lipinski definition) is 0. The lowest BCUT2D eigenvalue weighted by Gasteiger charge is -2.21. The van der Waals surface area contributed by atoms with Gasteiger partial charge in [0.1, 0.15) is 11.3 Å². The Hall–Kier alpha value is -2.13. The van der Waals surface area contributed by atoms with Crippen LogP contribution in [-0.4, -0.2) is 69.4 Å². The molecule has 2 aliphatic rings. The van der Waals surface area contributed by atoms with Crippen molar-refractivity contribution < 1.29 is 27.5 Å². The highest BCUT2D eigenvalue weighted by Crippen LogP contribution is 2.27. The summed E-state index contributed by atoms with van der Waals surface area (Å²) in [4.78, 5) is 26.9. The van der Waals surface area contributed by atoms with Crippen molar-refractivity contribution >= 4 is 21.9 Å². The summed E-state index contributed by atoms with van der Waals surface area (Å²) in [5.41, 5.74) is 0.00191. The molecule has 0 aromatic heterocycles. The van der Waals surface area contributed by atoms with Gasteiger partial charge in [0.25, 0.3) is 5.91 Å². The molecule has 8 nitrogen and oxygen atoms in total. The number of methoxy groups -OCH3 is 1. The van der Waals surface area contributed by atoms with E-state index in [0.717, 1.165) is 51.4 Å². The van der Waals surface area contributed by atoms with Gasteiger partial charge in [-0.2, -0.15) is 4.31 Å². The molecule has 0 spiro atoms. The minimum absolute atomic E-state index is 0.00191. The molecule has 0 aliphatic carbocycles. The number of likely N-dealkylation sites (tertiary alicyclic amines) is 1. The third kappa shape index (κ3) is 5.98. The van der Waals surface area contributed by atoms with Crippen molar-refractivity contribution in [1.82, 2.24) is 9.21 Å². The molecule has 1 aromatic rings. The molecule has 172 valence electrons. The maximum atomic E-state index is 13.1. The Morgan fingerprint density at radius 1 is 0.903 bits per heavy atom. The number of sulfonamides is 1. The van der Waals surface area contributed by atoms with Crippen LogP contribution in [0, 0.1) is 0 Å². The number of hydrogen-bond acceptors (Lipinski definition) is 6. The fourth-order valence-electron chi connectivity index (χ4n) is 4.05. The molecule has 31 heavy (non-hydrogen) atoms. The quantitative estimate of drug-likeness (QED) is 0.616. The normalized spacial score (nSPS) is 18.7. The van der Waals surface area contributed by atoms with Gasteiger partial charge in [-0.25, -0.2) is 13.2 Å². The predicted molar refractivity (Wildman–Crippen MR) is 116 cm³/mol. The molecule has 0 saturated carbocycles. The molecule has 2 aliphatic heterocycles. The van der Waals surface area contributed by atoms with Crippen LogP contribution in [0.4, 0.5) is 0 Å². The molecule has 2 fully saturated rings. The van der Waals surface area contributed by atoms with E-state index in [-0.39, 0.29) is 28.7 Å². The van der Waals surface area contributed by atoms with Crippen molar-refractivity contribution in [1.29, 1.82) is 0 Å². The molecule has 0 radical (unpaired) electrons. The largest absolute Gasteiger partial charge is 0.496 e. The van der Waals surface area contributed by atoms with E-state index >= 15 is 0 Å². The summed E-state index contributed by atoms with van der Waals surface area (Å²) >= 11 is 0. The smallest absolute Gasteiger partial charge is 0.342 e. The molecular formula is C22H32N2O6S. The van der Waals surface area contributed by atoms with E-state index in [0.29, 0.717) is 26.2 Å². The van der Waals surface area contributed by atoms with Crippen LogP contribution in [0.15, 0.2) is 23.1 Å². The van der Waals surface area contributed by atoms with Crippen molar-refractivity contribution in [2.75, 3.05) is 39.9 Å². The van der Waals surface area contributed by atoms with Gasteiger partial charge < -0.3 is 14.4 Å². The highest BCUT2D eigenvalue weighted by molar-refractivity contribution is 7.89. The first-order valence-corrected chi connectivity index (χ1v) is 12.5. The first-order valence-electron chi connectivity index (χ1n) is 11.1. The van der Waals surface area contributed by atoms with Gasteiger partial charge in [0.2, 0.25) is 10.0 Å². The highest BCUT2D eigenvalue weighted by Gasteiger charge is 2.28. The second kappa shape index (κ2) is 10.9. The maximum Gasteiger partial charge on any atom is 0.342 e. The van der Waals surface area contributed by atoms with Crippen molar-refractivity contribution in [3.05, 3.63) is 23.8 Å². The summed E-state index contributed by atoms with van der Waals surface area (Å²) in [6.45, 7) is 1.91. The number of ether oxygens (including phenoxy) is 2. The second-order valence-electron chi connectivity index (χ2n) is 8.05. The monoisotopic (exact) mass is 452 g/mol. The Bertz CT molecular complexity index is 870. The van der Waals surface area contributed by atoms with Crippen molar-refractivity contribution in [2.45, 2.75) is 56.3 Å². The lowest BCUT2D eigenvalue weighted by molar-refractivity contribution is -0.134. The van der Waals surface area contributed by atoms with E-state index in [4.69, 9.17) is 9.47 Å². The molecule has 0 atom stereocenters. The summed E-state index contributed by atoms with van der Waals surface area (Å²) in [5, 5.41) is 0. The maximum absolute atomic E-state index is 13.1. The van der Waals surface area contributed by atoms with Gasteiger partial charge in [-0.1, -0.05) is 25.7 Å². The third-order valence-electron chi connectivity index (χ3n) is 5.88. The minimum Gasteiger partial charge on any atom is -0.496 e. The summed E-state index contributed by atoms with van der Waals surface area (Å²) in [5.74, 6) is -0.794. The molecule has 0 N–H and O–H groups in total. The van der Waals surface area contributed by atoms with Gasteiger partial charge in [0.15, 0.2) is 6.61 Å². The van der Waals surface area contributed by atoms with Crippen LogP contribution in [-0.2, 0) is 19.6 Å². The number of benzene rings is 1. The number of carbonyl (C=O) groups is 2. The van der Waals surface area contributed by atoms with Gasteiger partial charge in [-0.05, 0) is 43.9 Å². The summed E-state index contributed by atoms with van der Waals surface area (Å²) in [7, 11) is -2.32. The van der Waals surface area contributed by atoms with Crippen LogP contribution in [0.2, 0.25) is 0 Å². The minimum atomic E-state index is -3.72. The van der Waals surface area contributed by atoms with Gasteiger partial charge >= 0.3 is 5.97 Å². The fraction of sp³-hybridized carbons (Fsp3) is 0.636. The van der Waals surface area contributed by atoms with E-state index in [1.54, 1.807) is 4.90 Å². The van der Waals surface area contributed by atoms with Gasteiger partial charge in [0.05, 0.1) is 12.0 Å². The SMILES string of the molecule is COc1ccc(S(=O)(=O)N2CCCCCC2)cc1C(=O)OCC(=O)N1CCCCCC1. The van der Waals surface area contributed by atoms with Crippen molar-refractivity contribution in [2.24, 2.45) is 0 Å². The zero-order valence-electron chi connectivity index (χ0n) is 18.2. The average Bonchev–Trinajstić information content (AvgIpc) is 3.22. The average molecular weight is 453 g/mol. The number of carbonyl (C=O) groups excluding carboxylic acids is 2. The second-order valence-corrected chi connectivity index (χ2v) is 9.99. The number of rotatable bonds is 6. The van der Waals surface area contributed by atoms with Crippen LogP contribution < -0.4 is 4.74 Å². The molecule has 1 amide bonds. The Balaban J connectivity index is 1.73. The van der Waals surface area contributed by atoms with Crippen molar-refractivity contribution in [3.8, 4) is 5.75 Å². The van der Waals surface area contributed by atoms with Crippen LogP contribution >= 0.6 is 0 Å². The Morgan fingerprint density at radius 3 is 2.06 bits per heavy atom. The van der Waals surface area contributed by atoms with Crippen LogP contribution in [0.5, 0.6) is 5.75 Å².